The van der Waals surface area contributed by atoms with Gasteiger partial charge in [0.2, 0.25) is 11.8 Å². The number of amides is 3. The van der Waals surface area contributed by atoms with Crippen molar-refractivity contribution >= 4 is 47.0 Å². The molecule has 2 aliphatic heterocycles. The second-order valence-electron chi connectivity index (χ2n) is 13.6. The van der Waals surface area contributed by atoms with Gasteiger partial charge in [-0.25, -0.2) is 4.79 Å². The van der Waals surface area contributed by atoms with Gasteiger partial charge in [-0.05, 0) is 87.8 Å². The number of nitrogens with zero attached hydrogens (tertiary/aromatic N) is 3. The molecule has 9 nitrogen and oxygen atoms in total. The van der Waals surface area contributed by atoms with Crippen molar-refractivity contribution in [3.63, 3.8) is 0 Å². The van der Waals surface area contributed by atoms with E-state index in [-0.39, 0.29) is 49.2 Å². The highest BCUT2D eigenvalue weighted by Gasteiger charge is 2.44. The van der Waals surface area contributed by atoms with E-state index >= 15 is 0 Å². The highest BCUT2D eigenvalue weighted by atomic mass is 32.2. The first-order valence-corrected chi connectivity index (χ1v) is 17.7. The predicted octanol–water partition coefficient (Wildman–Crippen LogP) is 6.89. The topological polar surface area (TPSA) is 96.5 Å². The molecule has 3 aromatic carbocycles. The first-order chi connectivity index (χ1) is 23.0. The zero-order valence-corrected chi connectivity index (χ0v) is 28.8. The van der Waals surface area contributed by atoms with Gasteiger partial charge < -0.3 is 19.3 Å². The monoisotopic (exact) mass is 669 g/mol. The van der Waals surface area contributed by atoms with Gasteiger partial charge in [0.25, 0.3) is 0 Å². The van der Waals surface area contributed by atoms with Crippen molar-refractivity contribution in [3.8, 4) is 11.1 Å². The Bertz CT molecular complexity index is 1690. The van der Waals surface area contributed by atoms with Crippen LogP contribution in [0.5, 0.6) is 0 Å². The Hall–Kier alpha value is -4.31. The number of hydrogen-bond acceptors (Lipinski definition) is 7. The SMILES string of the molecule is CCOC(=O)CN1C(=O)CSc2ccc(N(C(=O)C3CN(C(=O)OC(C)(C)C)CC[C@@H]3c3cccc(-c4ccccc4)c3)C3CC3)cc21. The molecule has 3 aromatic rings. The summed E-state index contributed by atoms with van der Waals surface area (Å²) in [6.07, 6.45) is 1.91. The third-order valence-corrected chi connectivity index (χ3v) is 9.96. The summed E-state index contributed by atoms with van der Waals surface area (Å²) in [5, 5.41) is 0. The van der Waals surface area contributed by atoms with Crippen LogP contribution < -0.4 is 9.80 Å². The first kappa shape index (κ1) is 33.6. The number of ether oxygens (including phenoxy) is 2. The minimum Gasteiger partial charge on any atom is -0.465 e. The summed E-state index contributed by atoms with van der Waals surface area (Å²) in [4.78, 5) is 59.6. The van der Waals surface area contributed by atoms with Gasteiger partial charge in [0.15, 0.2) is 0 Å². The van der Waals surface area contributed by atoms with Crippen LogP contribution in [-0.4, -0.2) is 72.4 Å². The average molecular weight is 670 g/mol. The van der Waals surface area contributed by atoms with Gasteiger partial charge in [-0.3, -0.25) is 19.3 Å². The highest BCUT2D eigenvalue weighted by molar-refractivity contribution is 8.00. The van der Waals surface area contributed by atoms with Crippen molar-refractivity contribution in [2.45, 2.75) is 69.4 Å². The summed E-state index contributed by atoms with van der Waals surface area (Å²) in [5.41, 5.74) is 3.85. The van der Waals surface area contributed by atoms with Gasteiger partial charge in [0.05, 0.1) is 24.0 Å². The summed E-state index contributed by atoms with van der Waals surface area (Å²) in [6.45, 7) is 8.00. The fraction of sp³-hybridized carbons (Fsp3) is 0.421. The van der Waals surface area contributed by atoms with Crippen LogP contribution >= 0.6 is 11.8 Å². The standard InChI is InChI=1S/C38H43N3O6S/c1-5-46-35(43)23-40-32-21-29(16-17-33(32)48-24-34(40)42)41(28-14-15-28)36(44)31-22-39(37(45)47-38(2,3)4)19-18-30(31)27-13-9-12-26(20-27)25-10-7-6-8-11-25/h6-13,16-17,20-21,28,30-31H,5,14-15,18-19,22-24H2,1-4H3/t30-,31?/m1/s1. The molecule has 1 unspecified atom stereocenters. The third kappa shape index (κ3) is 7.54. The molecule has 0 radical (unpaired) electrons. The van der Waals surface area contributed by atoms with Gasteiger partial charge >= 0.3 is 12.1 Å². The van der Waals surface area contributed by atoms with Crippen LogP contribution in [0, 0.1) is 5.92 Å². The second-order valence-corrected chi connectivity index (χ2v) is 14.6. The van der Waals surface area contributed by atoms with Crippen molar-refractivity contribution in [3.05, 3.63) is 78.4 Å². The van der Waals surface area contributed by atoms with E-state index in [4.69, 9.17) is 9.47 Å². The normalized spacial score (nSPS) is 19.4. The first-order valence-electron chi connectivity index (χ1n) is 16.7. The maximum absolute atomic E-state index is 14.9. The third-order valence-electron chi connectivity index (χ3n) is 8.91. The van der Waals surface area contributed by atoms with Crippen LogP contribution in [0.2, 0.25) is 0 Å². The summed E-state index contributed by atoms with van der Waals surface area (Å²) in [5.74, 6) is -1.15. The second kappa shape index (κ2) is 14.0. The Morgan fingerprint density at radius 2 is 1.69 bits per heavy atom. The largest absolute Gasteiger partial charge is 0.465 e. The molecule has 3 aliphatic rings. The zero-order chi connectivity index (χ0) is 34.0. The van der Waals surface area contributed by atoms with E-state index in [0.717, 1.165) is 34.4 Å². The maximum Gasteiger partial charge on any atom is 0.410 e. The predicted molar refractivity (Wildman–Crippen MR) is 187 cm³/mol. The molecule has 2 atom stereocenters. The molecule has 3 amide bonds. The molecule has 0 aromatic heterocycles. The molecular weight excluding hydrogens is 627 g/mol. The van der Waals surface area contributed by atoms with Gasteiger partial charge in [-0.1, -0.05) is 54.6 Å². The summed E-state index contributed by atoms with van der Waals surface area (Å²) >= 11 is 1.42. The quantitative estimate of drug-likeness (QED) is 0.241. The van der Waals surface area contributed by atoms with Gasteiger partial charge in [-0.2, -0.15) is 0 Å². The number of hydrogen-bond donors (Lipinski definition) is 0. The van der Waals surface area contributed by atoms with Crippen LogP contribution in [0.15, 0.2) is 77.7 Å². The number of likely N-dealkylation sites (tertiary alicyclic amines) is 1. The molecule has 6 rings (SSSR count). The fourth-order valence-electron chi connectivity index (χ4n) is 6.55. The van der Waals surface area contributed by atoms with E-state index in [1.165, 1.54) is 16.7 Å². The summed E-state index contributed by atoms with van der Waals surface area (Å²) in [6, 6.07) is 24.3. The van der Waals surface area contributed by atoms with Crippen molar-refractivity contribution < 1.29 is 28.7 Å². The highest BCUT2D eigenvalue weighted by Crippen LogP contribution is 2.43. The zero-order valence-electron chi connectivity index (χ0n) is 28.0. The molecule has 1 saturated heterocycles. The molecule has 2 heterocycles. The lowest BCUT2D eigenvalue weighted by Crippen LogP contribution is -2.51. The number of esters is 1. The lowest BCUT2D eigenvalue weighted by atomic mass is 9.79. The fourth-order valence-corrected chi connectivity index (χ4v) is 7.47. The molecule has 0 spiro atoms. The molecule has 0 N–H and O–H groups in total. The molecule has 48 heavy (non-hydrogen) atoms. The van der Waals surface area contributed by atoms with Crippen LogP contribution in [0.3, 0.4) is 0 Å². The summed E-state index contributed by atoms with van der Waals surface area (Å²) < 4.78 is 10.9. The van der Waals surface area contributed by atoms with Gasteiger partial charge in [0.1, 0.15) is 12.1 Å². The maximum atomic E-state index is 14.9. The summed E-state index contributed by atoms with van der Waals surface area (Å²) in [7, 11) is 0. The number of rotatable bonds is 8. The lowest BCUT2D eigenvalue weighted by Gasteiger charge is -2.41. The molecule has 10 heteroatoms. The molecule has 1 saturated carbocycles. The van der Waals surface area contributed by atoms with Gasteiger partial charge in [-0.15, -0.1) is 11.8 Å². The number of piperidine rings is 1. The van der Waals surface area contributed by atoms with E-state index in [0.29, 0.717) is 24.3 Å². The van der Waals surface area contributed by atoms with Gasteiger partial charge in [0, 0.05) is 29.7 Å². The number of carbonyl (C=O) groups excluding carboxylic acids is 4. The van der Waals surface area contributed by atoms with Crippen LogP contribution in [-0.2, 0) is 23.9 Å². The number of thioether (sulfide) groups is 1. The average Bonchev–Trinajstić information content (AvgIpc) is 3.91. The Labute approximate surface area is 286 Å². The molecular formula is C38H43N3O6S. The van der Waals surface area contributed by atoms with E-state index < -0.39 is 23.6 Å². The minimum atomic E-state index is -0.661. The number of fused-ring (bicyclic) bond motifs is 1. The van der Waals surface area contributed by atoms with Crippen molar-refractivity contribution in [2.24, 2.45) is 5.92 Å². The van der Waals surface area contributed by atoms with Crippen LogP contribution in [0.1, 0.15) is 58.4 Å². The van der Waals surface area contributed by atoms with E-state index in [9.17, 15) is 19.2 Å². The Kier molecular flexibility index (Phi) is 9.83. The van der Waals surface area contributed by atoms with E-state index in [1.807, 2.05) is 68.1 Å². The lowest BCUT2D eigenvalue weighted by molar-refractivity contribution is -0.142. The number of carbonyl (C=O) groups is 4. The van der Waals surface area contributed by atoms with E-state index in [1.54, 1.807) is 11.8 Å². The molecule has 252 valence electrons. The van der Waals surface area contributed by atoms with Crippen molar-refractivity contribution in [1.29, 1.82) is 0 Å². The Morgan fingerprint density at radius 1 is 0.938 bits per heavy atom. The molecule has 2 fully saturated rings. The number of benzene rings is 3. The molecule has 1 aliphatic carbocycles. The van der Waals surface area contributed by atoms with Crippen LogP contribution in [0.4, 0.5) is 16.2 Å². The molecule has 0 bridgehead atoms. The van der Waals surface area contributed by atoms with Crippen LogP contribution in [0.25, 0.3) is 11.1 Å². The Balaban J connectivity index is 1.35. The van der Waals surface area contributed by atoms with Crippen molar-refractivity contribution in [1.82, 2.24) is 4.90 Å². The minimum absolute atomic E-state index is 0.00853. The van der Waals surface area contributed by atoms with Crippen molar-refractivity contribution in [2.75, 3.05) is 41.8 Å². The smallest absolute Gasteiger partial charge is 0.410 e. The number of anilines is 2. The van der Waals surface area contributed by atoms with E-state index in [2.05, 4.69) is 30.3 Å². The Morgan fingerprint density at radius 3 is 2.40 bits per heavy atom.